The molecule has 0 saturated carbocycles. The Morgan fingerprint density at radius 2 is 2.11 bits per heavy atom. The minimum atomic E-state index is -1.02. The Bertz CT molecular complexity index is 777. The van der Waals surface area contributed by atoms with Crippen molar-refractivity contribution in [2.45, 2.75) is 0 Å². The highest BCUT2D eigenvalue weighted by molar-refractivity contribution is 9.10. The summed E-state index contributed by atoms with van der Waals surface area (Å²) in [6.07, 6.45) is 3.04. The van der Waals surface area contributed by atoms with Crippen LogP contribution in [0.25, 0.3) is 16.6 Å². The van der Waals surface area contributed by atoms with E-state index < -0.39 is 5.97 Å². The lowest BCUT2D eigenvalue weighted by atomic mass is 10.2. The van der Waals surface area contributed by atoms with Gasteiger partial charge in [0.2, 0.25) is 0 Å². The molecule has 0 radical (unpaired) electrons. The van der Waals surface area contributed by atoms with Crippen LogP contribution in [0.5, 0.6) is 0 Å². The predicted molar refractivity (Wildman–Crippen MR) is 73.5 cm³/mol. The molecule has 19 heavy (non-hydrogen) atoms. The molecule has 0 unspecified atom stereocenters. The fourth-order valence-corrected chi connectivity index (χ4v) is 2.47. The molecule has 94 valence electrons. The van der Waals surface area contributed by atoms with Gasteiger partial charge in [0.1, 0.15) is 10.2 Å². The van der Waals surface area contributed by atoms with Gasteiger partial charge in [-0.25, -0.2) is 9.48 Å². The maximum Gasteiger partial charge on any atom is 0.340 e. The number of pyridine rings is 1. The number of rotatable bonds is 2. The van der Waals surface area contributed by atoms with E-state index in [0.29, 0.717) is 4.60 Å². The molecule has 5 nitrogen and oxygen atoms in total. The van der Waals surface area contributed by atoms with E-state index in [4.69, 9.17) is 5.11 Å². The Balaban J connectivity index is 2.28. The van der Waals surface area contributed by atoms with Gasteiger partial charge in [-0.2, -0.15) is 5.10 Å². The molecule has 0 saturated heterocycles. The third-order valence-corrected chi connectivity index (χ3v) is 3.55. The summed E-state index contributed by atoms with van der Waals surface area (Å²) < 4.78 is 1.96. The third-order valence-electron chi connectivity index (χ3n) is 2.79. The van der Waals surface area contributed by atoms with Gasteiger partial charge >= 0.3 is 5.97 Å². The van der Waals surface area contributed by atoms with Crippen LogP contribution in [0.3, 0.4) is 0 Å². The number of hydrogen-bond acceptors (Lipinski definition) is 3. The summed E-state index contributed by atoms with van der Waals surface area (Å²) in [7, 11) is 0. The molecule has 3 rings (SSSR count). The van der Waals surface area contributed by atoms with Crippen molar-refractivity contribution < 1.29 is 9.90 Å². The van der Waals surface area contributed by atoms with Crippen molar-refractivity contribution in [1.29, 1.82) is 0 Å². The van der Waals surface area contributed by atoms with E-state index in [0.717, 1.165) is 16.6 Å². The second-order valence-corrected chi connectivity index (χ2v) is 4.66. The highest BCUT2D eigenvalue weighted by atomic mass is 79.9. The lowest BCUT2D eigenvalue weighted by Gasteiger charge is -2.07. The quantitative estimate of drug-likeness (QED) is 0.789. The molecule has 0 bridgehead atoms. The van der Waals surface area contributed by atoms with Gasteiger partial charge < -0.3 is 5.11 Å². The van der Waals surface area contributed by atoms with Gasteiger partial charge in [-0.15, -0.1) is 0 Å². The summed E-state index contributed by atoms with van der Waals surface area (Å²) >= 11 is 3.27. The highest BCUT2D eigenvalue weighted by Gasteiger charge is 2.16. The van der Waals surface area contributed by atoms with Crippen molar-refractivity contribution >= 4 is 32.8 Å². The van der Waals surface area contributed by atoms with Crippen LogP contribution in [-0.2, 0) is 0 Å². The Morgan fingerprint density at radius 1 is 1.26 bits per heavy atom. The molecule has 0 atom stereocenters. The summed E-state index contributed by atoms with van der Waals surface area (Å²) in [5, 5.41) is 14.1. The summed E-state index contributed by atoms with van der Waals surface area (Å²) in [6, 6.07) is 9.38. The van der Waals surface area contributed by atoms with Gasteiger partial charge in [0.05, 0.1) is 17.4 Å². The summed E-state index contributed by atoms with van der Waals surface area (Å²) in [5.41, 5.74) is 1.74. The fraction of sp³-hybridized carbons (Fsp3) is 0. The van der Waals surface area contributed by atoms with Crippen LogP contribution in [0.4, 0.5) is 0 Å². The second-order valence-electron chi connectivity index (χ2n) is 3.91. The first-order valence-electron chi connectivity index (χ1n) is 5.49. The zero-order valence-corrected chi connectivity index (χ0v) is 11.2. The van der Waals surface area contributed by atoms with Crippen molar-refractivity contribution in [3.8, 4) is 5.69 Å². The molecule has 0 spiro atoms. The number of aromatic nitrogens is 3. The molecule has 6 heteroatoms. The molecule has 0 fully saturated rings. The lowest BCUT2D eigenvalue weighted by molar-refractivity contribution is 0.0696. The van der Waals surface area contributed by atoms with Crippen LogP contribution in [-0.4, -0.2) is 25.8 Å². The van der Waals surface area contributed by atoms with E-state index in [-0.39, 0.29) is 5.56 Å². The van der Waals surface area contributed by atoms with Crippen molar-refractivity contribution in [1.82, 2.24) is 14.8 Å². The van der Waals surface area contributed by atoms with Crippen molar-refractivity contribution in [2.24, 2.45) is 0 Å². The first-order valence-corrected chi connectivity index (χ1v) is 6.28. The molecule has 0 aliphatic rings. The topological polar surface area (TPSA) is 68.0 Å². The molecule has 0 aliphatic heterocycles. The average molecular weight is 318 g/mol. The smallest absolute Gasteiger partial charge is 0.340 e. The average Bonchev–Trinajstić information content (AvgIpc) is 2.80. The van der Waals surface area contributed by atoms with Gasteiger partial charge in [0, 0.05) is 11.6 Å². The summed E-state index contributed by atoms with van der Waals surface area (Å²) in [4.78, 5) is 15.3. The van der Waals surface area contributed by atoms with Gasteiger partial charge in [-0.1, -0.05) is 6.07 Å². The highest BCUT2D eigenvalue weighted by Crippen LogP contribution is 2.25. The standard InChI is InChI=1S/C13H8BrN3O2/c14-12-9(13(18)19)7-16-17(12)11-5-1-4-10-8(11)3-2-6-15-10/h1-7H,(H,18,19). The fourth-order valence-electron chi connectivity index (χ4n) is 1.92. The van der Waals surface area contributed by atoms with E-state index in [1.165, 1.54) is 6.20 Å². The zero-order chi connectivity index (χ0) is 13.4. The van der Waals surface area contributed by atoms with Crippen LogP contribution < -0.4 is 0 Å². The van der Waals surface area contributed by atoms with Crippen molar-refractivity contribution in [3.05, 3.63) is 52.9 Å². The van der Waals surface area contributed by atoms with Gasteiger partial charge in [0.15, 0.2) is 0 Å². The molecule has 0 aliphatic carbocycles. The van der Waals surface area contributed by atoms with E-state index >= 15 is 0 Å². The summed E-state index contributed by atoms with van der Waals surface area (Å²) in [6.45, 7) is 0. The minimum Gasteiger partial charge on any atom is -0.478 e. The SMILES string of the molecule is O=C(O)c1cnn(-c2cccc3ncccc23)c1Br. The molecule has 0 amide bonds. The maximum atomic E-state index is 11.0. The van der Waals surface area contributed by atoms with Gasteiger partial charge in [-0.05, 0) is 40.2 Å². The number of hydrogen-bond donors (Lipinski definition) is 1. The van der Waals surface area contributed by atoms with Gasteiger partial charge in [0.25, 0.3) is 0 Å². The normalized spacial score (nSPS) is 10.8. The van der Waals surface area contributed by atoms with E-state index in [9.17, 15) is 4.79 Å². The van der Waals surface area contributed by atoms with Gasteiger partial charge in [-0.3, -0.25) is 4.98 Å². The second kappa shape index (κ2) is 4.47. The zero-order valence-electron chi connectivity index (χ0n) is 9.62. The van der Waals surface area contributed by atoms with Crippen LogP contribution in [0, 0.1) is 0 Å². The van der Waals surface area contributed by atoms with Crippen LogP contribution >= 0.6 is 15.9 Å². The predicted octanol–water partition coefficient (Wildman–Crippen LogP) is 2.88. The Kier molecular flexibility index (Phi) is 2.79. The maximum absolute atomic E-state index is 11.0. The van der Waals surface area contributed by atoms with E-state index in [1.54, 1.807) is 10.9 Å². The van der Waals surface area contributed by atoms with E-state index in [1.807, 2.05) is 30.3 Å². The Morgan fingerprint density at radius 3 is 2.84 bits per heavy atom. The number of nitrogens with zero attached hydrogens (tertiary/aromatic N) is 3. The number of fused-ring (bicyclic) bond motifs is 1. The molecule has 2 heterocycles. The van der Waals surface area contributed by atoms with Crippen molar-refractivity contribution in [2.75, 3.05) is 0 Å². The molecule has 1 N–H and O–H groups in total. The number of carbonyl (C=O) groups is 1. The number of carboxylic acids is 1. The lowest BCUT2D eigenvalue weighted by Crippen LogP contribution is -2.00. The number of carboxylic acid groups (broad SMARTS) is 1. The summed E-state index contributed by atoms with van der Waals surface area (Å²) in [5.74, 6) is -1.02. The largest absolute Gasteiger partial charge is 0.478 e. The molecular formula is C13H8BrN3O2. The van der Waals surface area contributed by atoms with Crippen LogP contribution in [0.1, 0.15) is 10.4 Å². The molecular weight excluding hydrogens is 310 g/mol. The monoisotopic (exact) mass is 317 g/mol. The van der Waals surface area contributed by atoms with Crippen molar-refractivity contribution in [3.63, 3.8) is 0 Å². The Labute approximate surface area is 116 Å². The minimum absolute atomic E-state index is 0.126. The number of aromatic carboxylic acids is 1. The van der Waals surface area contributed by atoms with E-state index in [2.05, 4.69) is 26.0 Å². The van der Waals surface area contributed by atoms with Crippen LogP contribution in [0.15, 0.2) is 47.3 Å². The first kappa shape index (κ1) is 11.9. The van der Waals surface area contributed by atoms with Crippen LogP contribution in [0.2, 0.25) is 0 Å². The third kappa shape index (κ3) is 1.90. The molecule has 1 aromatic carbocycles. The first-order chi connectivity index (χ1) is 9.18. The number of benzene rings is 1. The number of halogens is 1. The molecule has 2 aromatic heterocycles. The Hall–Kier alpha value is -2.21. The molecule has 3 aromatic rings.